The molecule has 8 heteroatoms. The third-order valence-corrected chi connectivity index (χ3v) is 5.94. The van der Waals surface area contributed by atoms with Crippen molar-refractivity contribution in [3.05, 3.63) is 30.7 Å². The summed E-state index contributed by atoms with van der Waals surface area (Å²) in [5.41, 5.74) is 7.13. The summed E-state index contributed by atoms with van der Waals surface area (Å²) in [7, 11) is 0. The minimum Gasteiger partial charge on any atom is -0.483 e. The number of hydrogen-bond donors (Lipinski definition) is 2. The predicted octanol–water partition coefficient (Wildman–Crippen LogP) is 2.65. The molecule has 8 nitrogen and oxygen atoms in total. The number of carbonyl (C=O) groups is 1. The number of hydrogen-bond acceptors (Lipinski definition) is 6. The molecule has 2 aromatic rings. The molecule has 1 aliphatic heterocycles. The second-order valence-electron chi connectivity index (χ2n) is 7.69. The molecule has 1 aliphatic carbocycles. The van der Waals surface area contributed by atoms with Crippen LogP contribution < -0.4 is 5.73 Å². The largest absolute Gasteiger partial charge is 0.483 e. The van der Waals surface area contributed by atoms with Crippen LogP contribution in [0, 0.1) is 0 Å². The van der Waals surface area contributed by atoms with E-state index in [2.05, 4.69) is 25.6 Å². The molecule has 0 aromatic carbocycles. The van der Waals surface area contributed by atoms with Crippen molar-refractivity contribution in [1.29, 1.82) is 0 Å². The summed E-state index contributed by atoms with van der Waals surface area (Å²) in [6.07, 6.45) is 13.6. The van der Waals surface area contributed by atoms with Crippen molar-refractivity contribution in [1.82, 2.24) is 19.4 Å². The maximum atomic E-state index is 8.36. The topological polar surface area (TPSA) is 107 Å². The highest BCUT2D eigenvalue weighted by molar-refractivity contribution is 5.58. The van der Waals surface area contributed by atoms with Crippen LogP contribution in [0.2, 0.25) is 0 Å². The number of nitrogen functional groups attached to an aromatic ring is 1. The second kappa shape index (κ2) is 10.4. The van der Waals surface area contributed by atoms with E-state index in [1.54, 1.807) is 6.20 Å². The number of rotatable bonds is 4. The van der Waals surface area contributed by atoms with E-state index in [9.17, 15) is 0 Å². The van der Waals surface area contributed by atoms with Crippen molar-refractivity contribution in [2.24, 2.45) is 0 Å². The molecule has 3 N–H and O–H groups in total. The van der Waals surface area contributed by atoms with Gasteiger partial charge in [-0.2, -0.15) is 0 Å². The van der Waals surface area contributed by atoms with Crippen molar-refractivity contribution in [2.75, 3.05) is 32.0 Å². The number of ether oxygens (including phenoxy) is 1. The maximum absolute atomic E-state index is 8.36. The molecular formula is C21H31N5O3. The van der Waals surface area contributed by atoms with Crippen LogP contribution in [0.4, 0.5) is 5.82 Å². The Morgan fingerprint density at radius 2 is 1.83 bits per heavy atom. The zero-order valence-corrected chi connectivity index (χ0v) is 16.9. The van der Waals surface area contributed by atoms with Gasteiger partial charge in [-0.25, -0.2) is 9.97 Å². The van der Waals surface area contributed by atoms with E-state index >= 15 is 0 Å². The zero-order valence-electron chi connectivity index (χ0n) is 16.9. The van der Waals surface area contributed by atoms with Crippen molar-refractivity contribution >= 4 is 12.3 Å². The smallest absolute Gasteiger partial charge is 0.290 e. The minimum atomic E-state index is -0.250. The van der Waals surface area contributed by atoms with Gasteiger partial charge in [0.05, 0.1) is 13.2 Å². The van der Waals surface area contributed by atoms with Crippen LogP contribution in [0.15, 0.2) is 30.7 Å². The van der Waals surface area contributed by atoms with E-state index in [0.717, 1.165) is 44.2 Å². The Hall–Kier alpha value is -2.45. The van der Waals surface area contributed by atoms with Crippen molar-refractivity contribution in [3.63, 3.8) is 0 Å². The molecule has 2 fully saturated rings. The van der Waals surface area contributed by atoms with Gasteiger partial charge in [0.15, 0.2) is 0 Å². The van der Waals surface area contributed by atoms with Crippen LogP contribution in [-0.4, -0.2) is 62.9 Å². The summed E-state index contributed by atoms with van der Waals surface area (Å²) in [6.45, 7) is 4.49. The SMILES string of the molecule is Nc1cc(-c2nccn2CC2(N3CCOCC3)CCCCCC2)ccn1.O=CO. The molecule has 1 saturated heterocycles. The molecule has 0 atom stereocenters. The van der Waals surface area contributed by atoms with Crippen molar-refractivity contribution < 1.29 is 14.6 Å². The quantitative estimate of drug-likeness (QED) is 0.599. The lowest BCUT2D eigenvalue weighted by Gasteiger charge is -2.46. The van der Waals surface area contributed by atoms with E-state index < -0.39 is 0 Å². The minimum absolute atomic E-state index is 0.203. The van der Waals surface area contributed by atoms with Gasteiger partial charge in [-0.1, -0.05) is 25.7 Å². The van der Waals surface area contributed by atoms with Gasteiger partial charge < -0.3 is 20.1 Å². The summed E-state index contributed by atoms with van der Waals surface area (Å²) in [5.74, 6) is 1.52. The van der Waals surface area contributed by atoms with Gasteiger partial charge in [0.2, 0.25) is 0 Å². The fraction of sp³-hybridized carbons (Fsp3) is 0.571. The van der Waals surface area contributed by atoms with Gasteiger partial charge in [0, 0.05) is 49.3 Å². The fourth-order valence-electron chi connectivity index (χ4n) is 4.60. The zero-order chi connectivity index (χ0) is 20.5. The Morgan fingerprint density at radius 3 is 2.48 bits per heavy atom. The molecule has 1 saturated carbocycles. The summed E-state index contributed by atoms with van der Waals surface area (Å²) < 4.78 is 7.94. The van der Waals surface area contributed by atoms with Crippen LogP contribution in [-0.2, 0) is 16.1 Å². The fourth-order valence-corrected chi connectivity index (χ4v) is 4.60. The van der Waals surface area contributed by atoms with Gasteiger partial charge in [-0.05, 0) is 25.0 Å². The molecule has 0 bridgehead atoms. The van der Waals surface area contributed by atoms with Gasteiger partial charge in [0.1, 0.15) is 11.6 Å². The maximum Gasteiger partial charge on any atom is 0.290 e. The number of morpholine rings is 1. The Balaban J connectivity index is 0.000000755. The normalized spacial score (nSPS) is 19.6. The monoisotopic (exact) mass is 401 g/mol. The Morgan fingerprint density at radius 1 is 1.14 bits per heavy atom. The molecule has 158 valence electrons. The highest BCUT2D eigenvalue weighted by Gasteiger charge is 2.38. The van der Waals surface area contributed by atoms with Gasteiger partial charge in [-0.15, -0.1) is 0 Å². The van der Waals surface area contributed by atoms with E-state index in [4.69, 9.17) is 20.4 Å². The number of anilines is 1. The second-order valence-corrected chi connectivity index (χ2v) is 7.69. The highest BCUT2D eigenvalue weighted by atomic mass is 16.5. The summed E-state index contributed by atoms with van der Waals surface area (Å²) >= 11 is 0. The summed E-state index contributed by atoms with van der Waals surface area (Å²) in [4.78, 5) is 19.8. The standard InChI is InChI=1S/C20H29N5O.CH2O2/c21-18-15-17(5-8-22-18)19-23-9-10-24(19)16-20(6-3-1-2-4-7-20)25-11-13-26-14-12-25;2-1-3/h5,8-10,15H,1-4,6-7,11-14,16H2,(H2,21,22);1H,(H,2,3). The molecule has 0 amide bonds. The first-order chi connectivity index (χ1) is 14.2. The molecule has 29 heavy (non-hydrogen) atoms. The van der Waals surface area contributed by atoms with E-state index in [-0.39, 0.29) is 12.0 Å². The molecule has 4 rings (SSSR count). The van der Waals surface area contributed by atoms with E-state index in [1.165, 1.54) is 38.5 Å². The first-order valence-corrected chi connectivity index (χ1v) is 10.3. The van der Waals surface area contributed by atoms with Gasteiger partial charge >= 0.3 is 0 Å². The molecule has 0 spiro atoms. The number of nitrogens with two attached hydrogens (primary N) is 1. The molecule has 3 heterocycles. The third-order valence-electron chi connectivity index (χ3n) is 5.94. The Labute approximate surface area is 171 Å². The van der Waals surface area contributed by atoms with Crippen molar-refractivity contribution in [2.45, 2.75) is 50.6 Å². The van der Waals surface area contributed by atoms with E-state index in [1.807, 2.05) is 18.3 Å². The number of nitrogens with zero attached hydrogens (tertiary/aromatic N) is 4. The van der Waals surface area contributed by atoms with Gasteiger partial charge in [-0.3, -0.25) is 9.69 Å². The van der Waals surface area contributed by atoms with Crippen LogP contribution in [0.25, 0.3) is 11.4 Å². The molecule has 2 aromatic heterocycles. The Bertz CT molecular complexity index is 765. The third kappa shape index (κ3) is 5.33. The van der Waals surface area contributed by atoms with Gasteiger partial charge in [0.25, 0.3) is 6.47 Å². The number of pyridine rings is 1. The van der Waals surface area contributed by atoms with Crippen LogP contribution in [0.1, 0.15) is 38.5 Å². The summed E-state index contributed by atoms with van der Waals surface area (Å²) in [6, 6.07) is 3.90. The first kappa shape index (κ1) is 21.3. The lowest BCUT2D eigenvalue weighted by molar-refractivity contribution is -0.122. The molecular weight excluding hydrogens is 370 g/mol. The molecule has 0 unspecified atom stereocenters. The average Bonchev–Trinajstić information content (AvgIpc) is 3.06. The van der Waals surface area contributed by atoms with Crippen LogP contribution in [0.3, 0.4) is 0 Å². The lowest BCUT2D eigenvalue weighted by atomic mass is 9.87. The first-order valence-electron chi connectivity index (χ1n) is 10.3. The molecule has 2 aliphatic rings. The number of imidazole rings is 1. The highest BCUT2D eigenvalue weighted by Crippen LogP contribution is 2.36. The lowest BCUT2D eigenvalue weighted by Crippen LogP contribution is -2.55. The summed E-state index contributed by atoms with van der Waals surface area (Å²) in [5, 5.41) is 6.89. The Kier molecular flexibility index (Phi) is 7.60. The van der Waals surface area contributed by atoms with Crippen LogP contribution >= 0.6 is 0 Å². The molecule has 0 radical (unpaired) electrons. The average molecular weight is 402 g/mol. The van der Waals surface area contributed by atoms with Crippen LogP contribution in [0.5, 0.6) is 0 Å². The number of carboxylic acid groups (broad SMARTS) is 1. The predicted molar refractivity (Wildman–Crippen MR) is 111 cm³/mol. The number of aromatic nitrogens is 3. The van der Waals surface area contributed by atoms with Crippen molar-refractivity contribution in [3.8, 4) is 11.4 Å². The van der Waals surface area contributed by atoms with E-state index in [0.29, 0.717) is 5.82 Å².